The first kappa shape index (κ1) is 17.2. The van der Waals surface area contributed by atoms with E-state index in [1.165, 1.54) is 11.3 Å². The second-order valence-corrected chi connectivity index (χ2v) is 7.76. The summed E-state index contributed by atoms with van der Waals surface area (Å²) in [5.41, 5.74) is 0.526. The normalized spacial score (nSPS) is 19.8. The van der Waals surface area contributed by atoms with Crippen molar-refractivity contribution in [1.29, 1.82) is 0 Å². The molecule has 0 saturated carbocycles. The number of nitrogens with zero attached hydrogens (tertiary/aromatic N) is 3. The second kappa shape index (κ2) is 7.17. The first-order chi connectivity index (χ1) is 12.7. The van der Waals surface area contributed by atoms with Crippen molar-refractivity contribution in [2.24, 2.45) is 0 Å². The first-order valence-corrected chi connectivity index (χ1v) is 9.68. The van der Waals surface area contributed by atoms with E-state index in [9.17, 15) is 9.59 Å². The Balaban J connectivity index is 1.40. The van der Waals surface area contributed by atoms with E-state index < -0.39 is 0 Å². The van der Waals surface area contributed by atoms with E-state index in [4.69, 9.17) is 4.74 Å². The number of pyridine rings is 1. The summed E-state index contributed by atoms with van der Waals surface area (Å²) in [7, 11) is 0. The van der Waals surface area contributed by atoms with Gasteiger partial charge in [0.1, 0.15) is 6.61 Å². The van der Waals surface area contributed by atoms with E-state index in [-0.39, 0.29) is 24.0 Å². The number of morpholine rings is 1. The molecule has 2 aliphatic rings. The van der Waals surface area contributed by atoms with Crippen LogP contribution in [0.4, 0.5) is 0 Å². The summed E-state index contributed by atoms with van der Waals surface area (Å²) < 4.78 is 5.96. The zero-order chi connectivity index (χ0) is 18.0. The van der Waals surface area contributed by atoms with Gasteiger partial charge in [0.15, 0.2) is 0 Å². The zero-order valence-corrected chi connectivity index (χ0v) is 15.3. The van der Waals surface area contributed by atoms with Gasteiger partial charge >= 0.3 is 0 Å². The monoisotopic (exact) mass is 371 g/mol. The van der Waals surface area contributed by atoms with Crippen LogP contribution in [0.25, 0.3) is 0 Å². The van der Waals surface area contributed by atoms with E-state index in [0.717, 1.165) is 23.4 Å². The van der Waals surface area contributed by atoms with Crippen molar-refractivity contribution in [3.63, 3.8) is 0 Å². The van der Waals surface area contributed by atoms with E-state index >= 15 is 0 Å². The third-order valence-corrected chi connectivity index (χ3v) is 5.96. The van der Waals surface area contributed by atoms with Gasteiger partial charge in [0, 0.05) is 19.3 Å². The van der Waals surface area contributed by atoms with E-state index in [2.05, 4.69) is 4.98 Å². The van der Waals surface area contributed by atoms with E-state index in [0.29, 0.717) is 26.2 Å². The second-order valence-electron chi connectivity index (χ2n) is 6.81. The summed E-state index contributed by atoms with van der Waals surface area (Å²) in [6.07, 6.45) is 3.23. The Labute approximate surface area is 156 Å². The number of amides is 2. The number of ether oxygens (including phenoxy) is 1. The molecule has 0 atom stereocenters. The lowest BCUT2D eigenvalue weighted by Gasteiger charge is -2.46. The van der Waals surface area contributed by atoms with Gasteiger partial charge in [0.25, 0.3) is 5.91 Å². The lowest BCUT2D eigenvalue weighted by atomic mass is 9.89. The molecule has 7 heteroatoms. The Morgan fingerprint density at radius 2 is 2.08 bits per heavy atom. The molecular weight excluding hydrogens is 350 g/mol. The first-order valence-electron chi connectivity index (χ1n) is 8.80. The van der Waals surface area contributed by atoms with Crippen LogP contribution in [0, 0.1) is 0 Å². The van der Waals surface area contributed by atoms with Crippen LogP contribution in [0.2, 0.25) is 0 Å². The number of hydrogen-bond acceptors (Lipinski definition) is 5. The van der Waals surface area contributed by atoms with Gasteiger partial charge in [-0.2, -0.15) is 0 Å². The van der Waals surface area contributed by atoms with Gasteiger partial charge in [-0.25, -0.2) is 0 Å². The number of carbonyl (C=O) groups excluding carboxylic acids is 2. The van der Waals surface area contributed by atoms with Crippen molar-refractivity contribution in [2.75, 3.05) is 26.2 Å². The molecule has 2 aliphatic heterocycles. The van der Waals surface area contributed by atoms with Crippen LogP contribution in [-0.2, 0) is 16.1 Å². The number of thiophene rings is 1. The number of likely N-dealkylation sites (tertiary alicyclic amines) is 1. The van der Waals surface area contributed by atoms with Crippen LogP contribution in [0.3, 0.4) is 0 Å². The van der Waals surface area contributed by atoms with E-state index in [1.54, 1.807) is 6.20 Å². The smallest absolute Gasteiger partial charge is 0.263 e. The maximum absolute atomic E-state index is 12.5. The van der Waals surface area contributed by atoms with E-state index in [1.807, 2.05) is 45.5 Å². The highest BCUT2D eigenvalue weighted by Crippen LogP contribution is 2.32. The highest BCUT2D eigenvalue weighted by atomic mass is 32.1. The number of hydrogen-bond donors (Lipinski definition) is 0. The molecule has 4 heterocycles. The predicted octanol–water partition coefficient (Wildman–Crippen LogP) is 2.18. The predicted molar refractivity (Wildman–Crippen MR) is 97.8 cm³/mol. The van der Waals surface area contributed by atoms with Crippen LogP contribution < -0.4 is 0 Å². The minimum Gasteiger partial charge on any atom is -0.363 e. The van der Waals surface area contributed by atoms with Crippen molar-refractivity contribution in [3.05, 3.63) is 52.5 Å². The van der Waals surface area contributed by atoms with Crippen LogP contribution in [-0.4, -0.2) is 58.4 Å². The molecule has 0 radical (unpaired) electrons. The minimum atomic E-state index is -0.352. The molecular formula is C19H21N3O3S. The molecule has 0 bridgehead atoms. The van der Waals surface area contributed by atoms with Crippen molar-refractivity contribution in [2.45, 2.75) is 25.0 Å². The van der Waals surface area contributed by atoms with Gasteiger partial charge < -0.3 is 14.5 Å². The fraction of sp³-hybridized carbons (Fsp3) is 0.421. The lowest BCUT2D eigenvalue weighted by Crippen LogP contribution is -2.59. The molecule has 0 unspecified atom stereocenters. The maximum atomic E-state index is 12.5. The summed E-state index contributed by atoms with van der Waals surface area (Å²) in [5, 5.41) is 1.92. The standard InChI is InChI=1S/C19H21N3O3S/c23-17-13-25-19(14-22(17)12-15-4-1-2-8-20-15)6-9-21(10-7-19)18(24)16-5-3-11-26-16/h1-5,8,11H,6-7,9-10,12-14H2. The summed E-state index contributed by atoms with van der Waals surface area (Å²) in [4.78, 5) is 33.6. The fourth-order valence-electron chi connectivity index (χ4n) is 3.59. The average molecular weight is 371 g/mol. The van der Waals surface area contributed by atoms with Crippen molar-refractivity contribution >= 4 is 23.2 Å². The molecule has 26 heavy (non-hydrogen) atoms. The summed E-state index contributed by atoms with van der Waals surface area (Å²) >= 11 is 1.47. The summed E-state index contributed by atoms with van der Waals surface area (Å²) in [6.45, 7) is 2.47. The Morgan fingerprint density at radius 1 is 1.23 bits per heavy atom. The largest absolute Gasteiger partial charge is 0.363 e. The molecule has 2 fully saturated rings. The van der Waals surface area contributed by atoms with Gasteiger partial charge in [0.2, 0.25) is 5.91 Å². The summed E-state index contributed by atoms with van der Waals surface area (Å²) in [6, 6.07) is 9.48. The number of carbonyl (C=O) groups is 2. The minimum absolute atomic E-state index is 0.00151. The number of aromatic nitrogens is 1. The SMILES string of the molecule is O=C1COC2(CCN(C(=O)c3cccs3)CC2)CN1Cc1ccccn1. The topological polar surface area (TPSA) is 62.7 Å². The lowest BCUT2D eigenvalue weighted by molar-refractivity contribution is -0.171. The van der Waals surface area contributed by atoms with Crippen LogP contribution >= 0.6 is 11.3 Å². The van der Waals surface area contributed by atoms with Gasteiger partial charge in [-0.05, 0) is 36.4 Å². The molecule has 0 N–H and O–H groups in total. The Morgan fingerprint density at radius 3 is 2.77 bits per heavy atom. The van der Waals surface area contributed by atoms with Crippen molar-refractivity contribution < 1.29 is 14.3 Å². The number of rotatable bonds is 3. The molecule has 4 rings (SSSR count). The maximum Gasteiger partial charge on any atom is 0.263 e. The molecule has 2 saturated heterocycles. The van der Waals surface area contributed by atoms with Crippen LogP contribution in [0.15, 0.2) is 41.9 Å². The van der Waals surface area contributed by atoms with Gasteiger partial charge in [-0.15, -0.1) is 11.3 Å². The van der Waals surface area contributed by atoms with Gasteiger partial charge in [0.05, 0.1) is 29.3 Å². The van der Waals surface area contributed by atoms with Gasteiger partial charge in [-0.1, -0.05) is 12.1 Å². The average Bonchev–Trinajstić information content (AvgIpc) is 3.21. The molecule has 6 nitrogen and oxygen atoms in total. The van der Waals surface area contributed by atoms with Crippen molar-refractivity contribution in [3.8, 4) is 0 Å². The number of piperidine rings is 1. The Kier molecular flexibility index (Phi) is 4.74. The fourth-order valence-corrected chi connectivity index (χ4v) is 4.29. The molecule has 2 amide bonds. The molecule has 0 aromatic carbocycles. The highest BCUT2D eigenvalue weighted by molar-refractivity contribution is 7.12. The van der Waals surface area contributed by atoms with Crippen LogP contribution in [0.1, 0.15) is 28.2 Å². The molecule has 2 aromatic heterocycles. The summed E-state index contributed by atoms with van der Waals surface area (Å²) in [5.74, 6) is 0.0884. The molecule has 1 spiro atoms. The third kappa shape index (κ3) is 3.50. The third-order valence-electron chi connectivity index (χ3n) is 5.11. The molecule has 2 aromatic rings. The van der Waals surface area contributed by atoms with Gasteiger partial charge in [-0.3, -0.25) is 14.6 Å². The molecule has 0 aliphatic carbocycles. The van der Waals surface area contributed by atoms with Crippen LogP contribution in [0.5, 0.6) is 0 Å². The molecule has 136 valence electrons. The Bertz CT molecular complexity index is 771. The quantitative estimate of drug-likeness (QED) is 0.830. The zero-order valence-electron chi connectivity index (χ0n) is 14.5. The Hall–Kier alpha value is -2.25. The highest BCUT2D eigenvalue weighted by Gasteiger charge is 2.43. The van der Waals surface area contributed by atoms with Crippen molar-refractivity contribution in [1.82, 2.24) is 14.8 Å².